The predicted octanol–water partition coefficient (Wildman–Crippen LogP) is 3.30. The molecule has 0 saturated heterocycles. The Bertz CT molecular complexity index is 626. The fourth-order valence-corrected chi connectivity index (χ4v) is 2.34. The fourth-order valence-electron chi connectivity index (χ4n) is 1.89. The third-order valence-electron chi connectivity index (χ3n) is 3.06. The van der Waals surface area contributed by atoms with Crippen molar-refractivity contribution in [3.05, 3.63) is 57.7 Å². The van der Waals surface area contributed by atoms with Gasteiger partial charge in [0.1, 0.15) is 5.82 Å². The van der Waals surface area contributed by atoms with Gasteiger partial charge in [-0.1, -0.05) is 17.7 Å². The number of nitrogens with one attached hydrogen (secondary N) is 2. The molecule has 110 valence electrons. The van der Waals surface area contributed by atoms with E-state index in [0.717, 1.165) is 21.4 Å². The number of carbonyl (C=O) groups excluding carboxylic acids is 1. The maximum atomic E-state index is 11.9. The summed E-state index contributed by atoms with van der Waals surface area (Å²) in [7, 11) is 0. The molecular formula is C16H18BrN3O. The molecule has 4 nitrogen and oxygen atoms in total. The highest BCUT2D eigenvalue weighted by molar-refractivity contribution is 9.10. The molecule has 21 heavy (non-hydrogen) atoms. The van der Waals surface area contributed by atoms with Crippen molar-refractivity contribution in [2.45, 2.75) is 13.8 Å². The lowest BCUT2D eigenvalue weighted by Gasteiger charge is -2.09. The van der Waals surface area contributed by atoms with Gasteiger partial charge in [-0.2, -0.15) is 0 Å². The second-order valence-corrected chi connectivity index (χ2v) is 5.78. The first-order valence-electron chi connectivity index (χ1n) is 6.77. The molecular weight excluding hydrogens is 330 g/mol. The Hall–Kier alpha value is -1.88. The van der Waals surface area contributed by atoms with Crippen LogP contribution in [0.15, 0.2) is 41.0 Å². The number of benzene rings is 1. The van der Waals surface area contributed by atoms with Gasteiger partial charge in [0.25, 0.3) is 5.91 Å². The summed E-state index contributed by atoms with van der Waals surface area (Å²) in [6.07, 6.45) is 1.75. The topological polar surface area (TPSA) is 54.0 Å². The number of amides is 1. The Morgan fingerprint density at radius 2 is 1.90 bits per heavy atom. The number of pyridine rings is 1. The average molecular weight is 348 g/mol. The first-order valence-corrected chi connectivity index (χ1v) is 7.56. The Labute approximate surface area is 133 Å². The average Bonchev–Trinajstić information content (AvgIpc) is 2.46. The zero-order chi connectivity index (χ0) is 15.2. The Kier molecular flexibility index (Phi) is 5.33. The second-order valence-electron chi connectivity index (χ2n) is 4.87. The molecule has 0 saturated carbocycles. The molecule has 0 bridgehead atoms. The Morgan fingerprint density at radius 1 is 1.19 bits per heavy atom. The van der Waals surface area contributed by atoms with Crippen LogP contribution in [-0.2, 0) is 0 Å². The van der Waals surface area contributed by atoms with E-state index in [9.17, 15) is 4.79 Å². The van der Waals surface area contributed by atoms with Gasteiger partial charge in [0.05, 0.1) is 0 Å². The zero-order valence-corrected chi connectivity index (χ0v) is 13.7. The molecule has 1 amide bonds. The highest BCUT2D eigenvalue weighted by Gasteiger charge is 2.04. The van der Waals surface area contributed by atoms with Crippen molar-refractivity contribution in [2.24, 2.45) is 0 Å². The lowest BCUT2D eigenvalue weighted by molar-refractivity contribution is 0.0955. The third kappa shape index (κ3) is 4.56. The van der Waals surface area contributed by atoms with Gasteiger partial charge in [-0.3, -0.25) is 4.79 Å². The van der Waals surface area contributed by atoms with Crippen molar-refractivity contribution in [1.82, 2.24) is 10.3 Å². The molecule has 0 aliphatic carbocycles. The molecule has 0 fully saturated rings. The van der Waals surface area contributed by atoms with Crippen LogP contribution < -0.4 is 10.6 Å². The van der Waals surface area contributed by atoms with Gasteiger partial charge < -0.3 is 10.6 Å². The molecule has 0 spiro atoms. The van der Waals surface area contributed by atoms with E-state index in [1.165, 1.54) is 0 Å². The molecule has 0 unspecified atom stereocenters. The van der Waals surface area contributed by atoms with Crippen molar-refractivity contribution >= 4 is 27.7 Å². The monoisotopic (exact) mass is 347 g/mol. The lowest BCUT2D eigenvalue weighted by Crippen LogP contribution is -2.29. The van der Waals surface area contributed by atoms with Crippen LogP contribution in [0.2, 0.25) is 0 Å². The summed E-state index contributed by atoms with van der Waals surface area (Å²) in [6.45, 7) is 5.17. The molecule has 2 aromatic rings. The lowest BCUT2D eigenvalue weighted by atomic mass is 10.1. The van der Waals surface area contributed by atoms with Gasteiger partial charge in [-0.25, -0.2) is 4.98 Å². The zero-order valence-electron chi connectivity index (χ0n) is 12.1. The molecule has 0 radical (unpaired) electrons. The maximum absolute atomic E-state index is 11.9. The highest BCUT2D eigenvalue weighted by Crippen LogP contribution is 2.16. The first kappa shape index (κ1) is 15.5. The minimum atomic E-state index is -0.0581. The van der Waals surface area contributed by atoms with Crippen LogP contribution in [0, 0.1) is 13.8 Å². The van der Waals surface area contributed by atoms with Gasteiger partial charge >= 0.3 is 0 Å². The minimum absolute atomic E-state index is 0.0581. The number of halogens is 1. The first-order chi connectivity index (χ1) is 10.1. The quantitative estimate of drug-likeness (QED) is 0.816. The SMILES string of the molecule is Cc1ccc(C(=O)NCCNc2ncc(Br)cc2C)cc1. The number of hydrogen-bond acceptors (Lipinski definition) is 3. The van der Waals surface area contributed by atoms with E-state index in [4.69, 9.17) is 0 Å². The highest BCUT2D eigenvalue weighted by atomic mass is 79.9. The summed E-state index contributed by atoms with van der Waals surface area (Å²) in [5.41, 5.74) is 2.89. The normalized spacial score (nSPS) is 10.2. The number of rotatable bonds is 5. The number of nitrogens with zero attached hydrogens (tertiary/aromatic N) is 1. The number of hydrogen-bond donors (Lipinski definition) is 2. The third-order valence-corrected chi connectivity index (χ3v) is 3.50. The number of anilines is 1. The fraction of sp³-hybridized carbons (Fsp3) is 0.250. The minimum Gasteiger partial charge on any atom is -0.368 e. The maximum Gasteiger partial charge on any atom is 0.251 e. The van der Waals surface area contributed by atoms with Crippen molar-refractivity contribution in [3.63, 3.8) is 0 Å². The van der Waals surface area contributed by atoms with Crippen LogP contribution in [0.5, 0.6) is 0 Å². The van der Waals surface area contributed by atoms with Gasteiger partial charge in [-0.15, -0.1) is 0 Å². The van der Waals surface area contributed by atoms with Gasteiger partial charge in [0.2, 0.25) is 0 Å². The molecule has 2 N–H and O–H groups in total. The molecule has 5 heteroatoms. The van der Waals surface area contributed by atoms with Crippen LogP contribution >= 0.6 is 15.9 Å². The number of aromatic nitrogens is 1. The number of aryl methyl sites for hydroxylation is 2. The van der Waals surface area contributed by atoms with Crippen LogP contribution in [0.3, 0.4) is 0 Å². The van der Waals surface area contributed by atoms with Crippen LogP contribution in [0.4, 0.5) is 5.82 Å². The van der Waals surface area contributed by atoms with E-state index >= 15 is 0 Å². The predicted molar refractivity (Wildman–Crippen MR) is 88.7 cm³/mol. The van der Waals surface area contributed by atoms with E-state index in [-0.39, 0.29) is 5.91 Å². The summed E-state index contributed by atoms with van der Waals surface area (Å²) >= 11 is 3.38. The standard InChI is InChI=1S/C16H18BrN3O/c1-11-3-5-13(6-4-11)16(21)19-8-7-18-15-12(2)9-14(17)10-20-15/h3-6,9-10H,7-8H2,1-2H3,(H,18,20)(H,19,21). The van der Waals surface area contributed by atoms with E-state index in [2.05, 4.69) is 31.5 Å². The molecule has 0 aliphatic heterocycles. The molecule has 0 aliphatic rings. The smallest absolute Gasteiger partial charge is 0.251 e. The van der Waals surface area contributed by atoms with Crippen LogP contribution in [0.1, 0.15) is 21.5 Å². The van der Waals surface area contributed by atoms with Crippen molar-refractivity contribution in [3.8, 4) is 0 Å². The summed E-state index contributed by atoms with van der Waals surface area (Å²) < 4.78 is 0.957. The number of carbonyl (C=O) groups is 1. The van der Waals surface area contributed by atoms with Crippen molar-refractivity contribution in [2.75, 3.05) is 18.4 Å². The van der Waals surface area contributed by atoms with Gasteiger partial charge in [0.15, 0.2) is 0 Å². The van der Waals surface area contributed by atoms with E-state index in [1.807, 2.05) is 44.2 Å². The summed E-state index contributed by atoms with van der Waals surface area (Å²) in [5, 5.41) is 6.09. The van der Waals surface area contributed by atoms with Crippen LogP contribution in [0.25, 0.3) is 0 Å². The van der Waals surface area contributed by atoms with Crippen LogP contribution in [-0.4, -0.2) is 24.0 Å². The molecule has 1 heterocycles. The second kappa shape index (κ2) is 7.22. The van der Waals surface area contributed by atoms with E-state index in [1.54, 1.807) is 6.20 Å². The molecule has 1 aromatic carbocycles. The Balaban J connectivity index is 1.79. The Morgan fingerprint density at radius 3 is 2.57 bits per heavy atom. The van der Waals surface area contributed by atoms with Gasteiger partial charge in [-0.05, 0) is 53.5 Å². The summed E-state index contributed by atoms with van der Waals surface area (Å²) in [6, 6.07) is 9.53. The largest absolute Gasteiger partial charge is 0.368 e. The van der Waals surface area contributed by atoms with E-state index in [0.29, 0.717) is 18.7 Å². The molecule has 2 rings (SSSR count). The summed E-state index contributed by atoms with van der Waals surface area (Å²) in [4.78, 5) is 16.2. The van der Waals surface area contributed by atoms with Gasteiger partial charge in [0, 0.05) is 29.3 Å². The molecule has 0 atom stereocenters. The van der Waals surface area contributed by atoms with Crippen molar-refractivity contribution in [1.29, 1.82) is 0 Å². The molecule has 1 aromatic heterocycles. The van der Waals surface area contributed by atoms with Crippen molar-refractivity contribution < 1.29 is 4.79 Å². The van der Waals surface area contributed by atoms with E-state index < -0.39 is 0 Å². The summed E-state index contributed by atoms with van der Waals surface area (Å²) in [5.74, 6) is 0.778.